The van der Waals surface area contributed by atoms with E-state index in [1.807, 2.05) is 27.7 Å². The Morgan fingerprint density at radius 1 is 1.52 bits per heavy atom. The average molecular weight is 336 g/mol. The number of benzene rings is 1. The second-order valence-electron chi connectivity index (χ2n) is 7.04. The van der Waals surface area contributed by atoms with E-state index >= 15 is 0 Å². The molecular formula is C17H21FN2O2S. The monoisotopic (exact) mass is 336 g/mol. The van der Waals surface area contributed by atoms with Gasteiger partial charge in [0.25, 0.3) is 0 Å². The summed E-state index contributed by atoms with van der Waals surface area (Å²) in [4.78, 5) is 0. The van der Waals surface area contributed by atoms with E-state index in [1.54, 1.807) is 6.92 Å². The molecule has 0 saturated carbocycles. The number of nitriles is 1. The highest BCUT2D eigenvalue weighted by atomic mass is 32.2. The highest BCUT2D eigenvalue weighted by Gasteiger charge is 2.37. The number of ether oxygens (including phenoxy) is 1. The van der Waals surface area contributed by atoms with Gasteiger partial charge in [0.15, 0.2) is 0 Å². The lowest BCUT2D eigenvalue weighted by molar-refractivity contribution is 0.121. The molecule has 1 aliphatic rings. The van der Waals surface area contributed by atoms with E-state index in [0.717, 1.165) is 0 Å². The number of hydrogen-bond donors (Lipinski definition) is 0. The van der Waals surface area contributed by atoms with E-state index in [0.29, 0.717) is 29.0 Å². The summed E-state index contributed by atoms with van der Waals surface area (Å²) in [5.41, 5.74) is 1.02. The zero-order valence-corrected chi connectivity index (χ0v) is 14.9. The Kier molecular flexibility index (Phi) is 4.74. The van der Waals surface area contributed by atoms with Crippen LogP contribution in [0.2, 0.25) is 0 Å². The Hall–Kier alpha value is -1.58. The van der Waals surface area contributed by atoms with Crippen LogP contribution in [0.1, 0.15) is 52.2 Å². The smallest absolute Gasteiger partial charge is 0.144 e. The first kappa shape index (κ1) is 17.8. The van der Waals surface area contributed by atoms with Crippen LogP contribution in [0.4, 0.5) is 4.39 Å². The SMILES string of the molecule is C/C(=N\[S@+]([O-])C(C)(C)C)c1cc(F)cc2c1O[C@@](C)(CC#N)C2. The predicted octanol–water partition coefficient (Wildman–Crippen LogP) is 3.70. The molecule has 2 rings (SSSR count). The van der Waals surface area contributed by atoms with Gasteiger partial charge in [0, 0.05) is 17.5 Å². The van der Waals surface area contributed by atoms with Gasteiger partial charge in [0.05, 0.1) is 18.2 Å². The van der Waals surface area contributed by atoms with E-state index < -0.39 is 21.7 Å². The number of hydrogen-bond acceptors (Lipinski definition) is 4. The lowest BCUT2D eigenvalue weighted by atomic mass is 9.95. The van der Waals surface area contributed by atoms with Crippen LogP contribution in [0, 0.1) is 17.1 Å². The first-order valence-electron chi connectivity index (χ1n) is 7.42. The first-order valence-corrected chi connectivity index (χ1v) is 8.52. The highest BCUT2D eigenvalue weighted by molar-refractivity contribution is 7.91. The van der Waals surface area contributed by atoms with Crippen molar-refractivity contribution < 1.29 is 13.7 Å². The molecule has 0 spiro atoms. The van der Waals surface area contributed by atoms with Crippen LogP contribution in [0.5, 0.6) is 5.75 Å². The van der Waals surface area contributed by atoms with Crippen molar-refractivity contribution in [2.45, 2.75) is 57.8 Å². The van der Waals surface area contributed by atoms with Gasteiger partial charge in [-0.25, -0.2) is 4.39 Å². The van der Waals surface area contributed by atoms with Crippen LogP contribution in [-0.4, -0.2) is 20.6 Å². The Bertz CT molecular complexity index is 691. The zero-order chi connectivity index (χ0) is 17.4. The van der Waals surface area contributed by atoms with Gasteiger partial charge in [0.1, 0.15) is 33.3 Å². The molecule has 1 heterocycles. The topological polar surface area (TPSA) is 68.4 Å². The maximum absolute atomic E-state index is 13.9. The minimum Gasteiger partial charge on any atom is -0.591 e. The summed E-state index contributed by atoms with van der Waals surface area (Å²) in [6.07, 6.45) is 0.684. The minimum absolute atomic E-state index is 0.215. The molecule has 0 aromatic heterocycles. The first-order chi connectivity index (χ1) is 10.6. The highest BCUT2D eigenvalue weighted by Crippen LogP contribution is 2.40. The van der Waals surface area contributed by atoms with Crippen molar-refractivity contribution in [2.24, 2.45) is 4.40 Å². The lowest BCUT2D eigenvalue weighted by Crippen LogP contribution is -2.29. The average Bonchev–Trinajstić information content (AvgIpc) is 2.72. The number of fused-ring (bicyclic) bond motifs is 1. The summed E-state index contributed by atoms with van der Waals surface area (Å²) in [6, 6.07) is 4.87. The molecule has 6 heteroatoms. The molecule has 0 N–H and O–H groups in total. The molecule has 0 unspecified atom stereocenters. The Morgan fingerprint density at radius 3 is 2.74 bits per heavy atom. The van der Waals surface area contributed by atoms with Gasteiger partial charge in [-0.2, -0.15) is 5.26 Å². The van der Waals surface area contributed by atoms with Crippen molar-refractivity contribution in [2.75, 3.05) is 0 Å². The second-order valence-corrected chi connectivity index (χ2v) is 8.95. The summed E-state index contributed by atoms with van der Waals surface area (Å²) >= 11 is -1.44. The van der Waals surface area contributed by atoms with E-state index in [-0.39, 0.29) is 12.2 Å². The molecule has 1 aromatic carbocycles. The van der Waals surface area contributed by atoms with Gasteiger partial charge < -0.3 is 9.29 Å². The number of halogens is 1. The Balaban J connectivity index is 2.44. The fourth-order valence-electron chi connectivity index (χ4n) is 2.43. The van der Waals surface area contributed by atoms with E-state index in [9.17, 15) is 8.94 Å². The predicted molar refractivity (Wildman–Crippen MR) is 89.5 cm³/mol. The molecule has 0 bridgehead atoms. The standard InChI is InChI=1S/C17H21FN2O2S/c1-11(20-23(21)16(2,3)4)14-9-13(18)8-12-10-17(5,6-7-19)22-15(12)14/h8-9H,6,10H2,1-5H3/b20-11+/t17-,23+/m0/s1. The maximum atomic E-state index is 13.9. The third-order valence-electron chi connectivity index (χ3n) is 3.63. The van der Waals surface area contributed by atoms with E-state index in [1.165, 1.54) is 12.1 Å². The van der Waals surface area contributed by atoms with Crippen molar-refractivity contribution in [1.82, 2.24) is 0 Å². The van der Waals surface area contributed by atoms with Gasteiger partial charge in [-0.15, -0.1) is 0 Å². The van der Waals surface area contributed by atoms with Crippen LogP contribution in [0.15, 0.2) is 16.5 Å². The van der Waals surface area contributed by atoms with Gasteiger partial charge in [0.2, 0.25) is 0 Å². The van der Waals surface area contributed by atoms with Gasteiger partial charge in [-0.1, -0.05) is 4.40 Å². The second kappa shape index (κ2) is 6.14. The summed E-state index contributed by atoms with van der Waals surface area (Å²) in [5.74, 6) is 0.149. The summed E-state index contributed by atoms with van der Waals surface area (Å²) in [6.45, 7) is 9.02. The molecule has 124 valence electrons. The molecule has 4 nitrogen and oxygen atoms in total. The van der Waals surface area contributed by atoms with Crippen molar-refractivity contribution in [3.05, 3.63) is 29.1 Å². The molecule has 1 aromatic rings. The van der Waals surface area contributed by atoms with Gasteiger partial charge in [-0.05, 0) is 46.8 Å². The summed E-state index contributed by atoms with van der Waals surface area (Å²) < 4.78 is 35.8. The molecule has 1 aliphatic heterocycles. The molecule has 2 atom stereocenters. The minimum atomic E-state index is -1.44. The molecule has 23 heavy (non-hydrogen) atoms. The summed E-state index contributed by atoms with van der Waals surface area (Å²) in [5, 5.41) is 8.94. The van der Waals surface area contributed by atoms with Crippen LogP contribution >= 0.6 is 0 Å². The largest absolute Gasteiger partial charge is 0.591 e. The molecule has 0 radical (unpaired) electrons. The number of nitrogens with zero attached hydrogens (tertiary/aromatic N) is 2. The van der Waals surface area contributed by atoms with Crippen LogP contribution in [0.25, 0.3) is 0 Å². The summed E-state index contributed by atoms with van der Waals surface area (Å²) in [7, 11) is 0. The zero-order valence-electron chi connectivity index (χ0n) is 14.1. The molecule has 0 amide bonds. The Morgan fingerprint density at radius 2 is 2.17 bits per heavy atom. The molecular weight excluding hydrogens is 315 g/mol. The van der Waals surface area contributed by atoms with Crippen molar-refractivity contribution in [3.63, 3.8) is 0 Å². The molecule has 0 saturated heterocycles. The van der Waals surface area contributed by atoms with Crippen molar-refractivity contribution in [3.8, 4) is 11.8 Å². The molecule has 0 fully saturated rings. The lowest BCUT2D eigenvalue weighted by Gasteiger charge is -2.21. The maximum Gasteiger partial charge on any atom is 0.144 e. The third-order valence-corrected chi connectivity index (χ3v) is 5.12. The van der Waals surface area contributed by atoms with E-state index in [4.69, 9.17) is 10.00 Å². The van der Waals surface area contributed by atoms with Gasteiger partial charge in [-0.3, -0.25) is 0 Å². The van der Waals surface area contributed by atoms with Crippen LogP contribution in [-0.2, 0) is 17.8 Å². The fourth-order valence-corrected chi connectivity index (χ4v) is 3.05. The van der Waals surface area contributed by atoms with Gasteiger partial charge >= 0.3 is 0 Å². The van der Waals surface area contributed by atoms with Crippen LogP contribution in [0.3, 0.4) is 0 Å². The quantitative estimate of drug-likeness (QED) is 0.624. The Labute approximate surface area is 139 Å². The van der Waals surface area contributed by atoms with Crippen molar-refractivity contribution >= 4 is 17.1 Å². The fraction of sp³-hybridized carbons (Fsp3) is 0.529. The third kappa shape index (κ3) is 3.85. The van der Waals surface area contributed by atoms with Crippen molar-refractivity contribution in [1.29, 1.82) is 5.26 Å². The normalized spacial score (nSPS) is 22.3. The van der Waals surface area contributed by atoms with E-state index in [2.05, 4.69) is 10.5 Å². The molecule has 0 aliphatic carbocycles. The number of rotatable bonds is 3. The van der Waals surface area contributed by atoms with Crippen LogP contribution < -0.4 is 4.74 Å².